The first-order valence-electron chi connectivity index (χ1n) is 8.16. The molecule has 0 saturated carbocycles. The van der Waals surface area contributed by atoms with E-state index in [-0.39, 0.29) is 11.7 Å². The Bertz CT molecular complexity index is 826. The Hall–Kier alpha value is -3.17. The molecule has 0 aromatic carbocycles. The van der Waals surface area contributed by atoms with Crippen molar-refractivity contribution in [3.05, 3.63) is 39.8 Å². The predicted octanol–water partition coefficient (Wildman–Crippen LogP) is 1.31. The first kappa shape index (κ1) is 17.6. The molecule has 0 radical (unpaired) electrons. The lowest BCUT2D eigenvalue weighted by atomic mass is 10.3. The minimum absolute atomic E-state index is 0.0214. The number of carbonyl (C=O) groups is 1. The van der Waals surface area contributed by atoms with Crippen LogP contribution in [0.1, 0.15) is 16.2 Å². The van der Waals surface area contributed by atoms with Crippen molar-refractivity contribution >= 4 is 23.6 Å². The van der Waals surface area contributed by atoms with Crippen LogP contribution in [0.5, 0.6) is 0 Å². The van der Waals surface area contributed by atoms with Crippen molar-refractivity contribution in [1.82, 2.24) is 14.9 Å². The van der Waals surface area contributed by atoms with Crippen molar-refractivity contribution in [2.45, 2.75) is 6.92 Å². The van der Waals surface area contributed by atoms with Gasteiger partial charge in [-0.25, -0.2) is 4.98 Å². The molecule has 2 aromatic rings. The quantitative estimate of drug-likeness (QED) is 0.593. The van der Waals surface area contributed by atoms with Gasteiger partial charge in [0.1, 0.15) is 10.7 Å². The van der Waals surface area contributed by atoms with E-state index < -0.39 is 10.8 Å². The number of aryl methyl sites for hydroxylation is 1. The number of aromatic nitrogens is 2. The first-order chi connectivity index (χ1) is 12.3. The molecule has 10 heteroatoms. The lowest BCUT2D eigenvalue weighted by Gasteiger charge is -2.34. The van der Waals surface area contributed by atoms with Gasteiger partial charge in [0.05, 0.1) is 6.07 Å². The fraction of sp³-hybridized carbons (Fsp3) is 0.438. The van der Waals surface area contributed by atoms with E-state index in [1.807, 2.05) is 36.9 Å². The van der Waals surface area contributed by atoms with Gasteiger partial charge in [-0.1, -0.05) is 0 Å². The first-order valence-corrected chi connectivity index (χ1v) is 8.16. The fourth-order valence-electron chi connectivity index (χ4n) is 2.71. The third-order valence-electron chi connectivity index (χ3n) is 4.12. The van der Waals surface area contributed by atoms with Crippen molar-refractivity contribution < 1.29 is 14.1 Å². The Balaban J connectivity index is 1.67. The number of nitrogens with zero attached hydrogens (tertiary/aromatic N) is 6. The lowest BCUT2D eigenvalue weighted by molar-refractivity contribution is -0.402. The largest absolute Gasteiger partial charge is 0.433 e. The van der Waals surface area contributed by atoms with Gasteiger partial charge in [-0.2, -0.15) is 4.98 Å². The summed E-state index contributed by atoms with van der Waals surface area (Å²) in [4.78, 5) is 37.0. The SMILES string of the molecule is Cc1cc(N(C)C)nc(N2CCN(C(=O)c3ccc([N+](=O)[O-])o3)CC2)n1. The second kappa shape index (κ2) is 6.98. The van der Waals surface area contributed by atoms with E-state index in [9.17, 15) is 14.9 Å². The van der Waals surface area contributed by atoms with E-state index in [0.29, 0.717) is 32.1 Å². The van der Waals surface area contributed by atoms with Gasteiger partial charge < -0.3 is 19.1 Å². The molecule has 0 aliphatic carbocycles. The molecule has 0 unspecified atom stereocenters. The number of anilines is 2. The second-order valence-corrected chi connectivity index (χ2v) is 6.24. The van der Waals surface area contributed by atoms with Crippen LogP contribution >= 0.6 is 0 Å². The molecule has 3 rings (SSSR count). The van der Waals surface area contributed by atoms with Crippen LogP contribution < -0.4 is 9.80 Å². The van der Waals surface area contributed by atoms with E-state index in [4.69, 9.17) is 4.42 Å². The Morgan fingerprint density at radius 2 is 1.92 bits per heavy atom. The summed E-state index contributed by atoms with van der Waals surface area (Å²) in [5.74, 6) is 0.656. The molecule has 3 heterocycles. The smallest absolute Gasteiger partial charge is 0.395 e. The molecule has 1 aliphatic heterocycles. The Kier molecular flexibility index (Phi) is 4.74. The maximum Gasteiger partial charge on any atom is 0.433 e. The molecule has 1 fully saturated rings. The Morgan fingerprint density at radius 1 is 1.23 bits per heavy atom. The van der Waals surface area contributed by atoms with E-state index in [1.165, 1.54) is 12.1 Å². The molecule has 2 aromatic heterocycles. The summed E-state index contributed by atoms with van der Waals surface area (Å²) < 4.78 is 5.00. The molecule has 138 valence electrons. The number of hydrogen-bond acceptors (Lipinski definition) is 8. The Morgan fingerprint density at radius 3 is 2.50 bits per heavy atom. The molecule has 26 heavy (non-hydrogen) atoms. The minimum atomic E-state index is -0.661. The summed E-state index contributed by atoms with van der Waals surface area (Å²) in [5.41, 5.74) is 0.875. The van der Waals surface area contributed by atoms with Gasteiger partial charge in [-0.15, -0.1) is 0 Å². The van der Waals surface area contributed by atoms with Crippen molar-refractivity contribution in [3.8, 4) is 0 Å². The highest BCUT2D eigenvalue weighted by Crippen LogP contribution is 2.20. The maximum atomic E-state index is 12.4. The fourth-order valence-corrected chi connectivity index (χ4v) is 2.71. The van der Waals surface area contributed by atoms with E-state index in [1.54, 1.807) is 4.90 Å². The summed E-state index contributed by atoms with van der Waals surface area (Å²) in [6, 6.07) is 4.43. The summed E-state index contributed by atoms with van der Waals surface area (Å²) in [6.45, 7) is 3.99. The summed E-state index contributed by atoms with van der Waals surface area (Å²) in [5, 5.41) is 10.7. The Labute approximate surface area is 150 Å². The van der Waals surface area contributed by atoms with Crippen molar-refractivity contribution in [2.75, 3.05) is 50.1 Å². The summed E-state index contributed by atoms with van der Waals surface area (Å²) >= 11 is 0. The molecule has 0 bridgehead atoms. The molecular formula is C16H20N6O4. The summed E-state index contributed by atoms with van der Waals surface area (Å²) in [7, 11) is 3.84. The topological polar surface area (TPSA) is 109 Å². The highest BCUT2D eigenvalue weighted by Gasteiger charge is 2.27. The molecule has 0 atom stereocenters. The second-order valence-electron chi connectivity index (χ2n) is 6.24. The number of hydrogen-bond donors (Lipinski definition) is 0. The van der Waals surface area contributed by atoms with Crippen LogP contribution in [0.2, 0.25) is 0 Å². The highest BCUT2D eigenvalue weighted by atomic mass is 16.6. The van der Waals surface area contributed by atoms with Gasteiger partial charge in [0.15, 0.2) is 5.76 Å². The number of piperazine rings is 1. The van der Waals surface area contributed by atoms with Gasteiger partial charge in [0, 0.05) is 52.0 Å². The average Bonchev–Trinajstić information content (AvgIpc) is 3.11. The third kappa shape index (κ3) is 3.58. The van der Waals surface area contributed by atoms with Gasteiger partial charge in [-0.05, 0) is 13.0 Å². The predicted molar refractivity (Wildman–Crippen MR) is 94.6 cm³/mol. The molecular weight excluding hydrogens is 340 g/mol. The van der Waals surface area contributed by atoms with Gasteiger partial charge in [0.25, 0.3) is 5.91 Å². The lowest BCUT2D eigenvalue weighted by Crippen LogP contribution is -2.49. The number of carbonyl (C=O) groups excluding carboxylic acids is 1. The minimum Gasteiger partial charge on any atom is -0.395 e. The van der Waals surface area contributed by atoms with Crippen LogP contribution in [-0.4, -0.2) is 66.0 Å². The molecule has 1 aliphatic rings. The van der Waals surface area contributed by atoms with E-state index in [2.05, 4.69) is 9.97 Å². The zero-order valence-corrected chi connectivity index (χ0v) is 14.9. The summed E-state index contributed by atoms with van der Waals surface area (Å²) in [6.07, 6.45) is 0. The van der Waals surface area contributed by atoms with Crippen molar-refractivity contribution in [3.63, 3.8) is 0 Å². The standard InChI is InChI=1S/C16H20N6O4/c1-11-10-13(19(2)3)18-16(17-11)21-8-6-20(7-9-21)15(23)12-4-5-14(26-12)22(24)25/h4-5,10H,6-9H2,1-3H3. The number of amides is 1. The van der Waals surface area contributed by atoms with E-state index >= 15 is 0 Å². The van der Waals surface area contributed by atoms with Crippen molar-refractivity contribution in [2.24, 2.45) is 0 Å². The van der Waals surface area contributed by atoms with Gasteiger partial charge in [0.2, 0.25) is 5.95 Å². The molecule has 1 saturated heterocycles. The number of nitro groups is 1. The van der Waals surface area contributed by atoms with Gasteiger partial charge >= 0.3 is 5.88 Å². The zero-order valence-electron chi connectivity index (χ0n) is 14.9. The van der Waals surface area contributed by atoms with Crippen LogP contribution in [0, 0.1) is 17.0 Å². The van der Waals surface area contributed by atoms with Crippen molar-refractivity contribution in [1.29, 1.82) is 0 Å². The van der Waals surface area contributed by atoms with E-state index in [0.717, 1.165) is 11.5 Å². The van der Waals surface area contributed by atoms with Crippen LogP contribution in [0.15, 0.2) is 22.6 Å². The van der Waals surface area contributed by atoms with Crippen LogP contribution in [0.25, 0.3) is 0 Å². The molecule has 0 N–H and O–H groups in total. The molecule has 0 spiro atoms. The van der Waals surface area contributed by atoms with Gasteiger partial charge in [-0.3, -0.25) is 14.9 Å². The third-order valence-corrected chi connectivity index (χ3v) is 4.12. The number of rotatable bonds is 4. The molecule has 1 amide bonds. The van der Waals surface area contributed by atoms with Crippen LogP contribution in [0.4, 0.5) is 17.7 Å². The van der Waals surface area contributed by atoms with Crippen LogP contribution in [0.3, 0.4) is 0 Å². The zero-order chi connectivity index (χ0) is 18.8. The maximum absolute atomic E-state index is 12.4. The monoisotopic (exact) mass is 360 g/mol. The highest BCUT2D eigenvalue weighted by molar-refractivity contribution is 5.92. The molecule has 10 nitrogen and oxygen atoms in total. The van der Waals surface area contributed by atoms with Crippen LogP contribution in [-0.2, 0) is 0 Å². The normalized spacial score (nSPS) is 14.4. The average molecular weight is 360 g/mol. The number of furan rings is 1.